The molecule has 0 aromatic heterocycles. The summed E-state index contributed by atoms with van der Waals surface area (Å²) in [6.07, 6.45) is 0. The van der Waals surface area contributed by atoms with Gasteiger partial charge < -0.3 is 14.6 Å². The van der Waals surface area contributed by atoms with Crippen molar-refractivity contribution in [2.75, 3.05) is 7.11 Å². The first-order chi connectivity index (χ1) is 10.0. The van der Waals surface area contributed by atoms with E-state index >= 15 is 0 Å². The minimum atomic E-state index is -1.24. The molecule has 21 heavy (non-hydrogen) atoms. The van der Waals surface area contributed by atoms with Gasteiger partial charge in [0.05, 0.1) is 18.1 Å². The zero-order valence-electron chi connectivity index (χ0n) is 11.0. The van der Waals surface area contributed by atoms with Crippen LogP contribution in [0.15, 0.2) is 42.5 Å². The number of carboxylic acid groups (broad SMARTS) is 1. The monoisotopic (exact) mass is 289 g/mol. The van der Waals surface area contributed by atoms with E-state index in [1.807, 2.05) is 0 Å². The predicted molar refractivity (Wildman–Crippen MR) is 73.1 cm³/mol. The van der Waals surface area contributed by atoms with Crippen molar-refractivity contribution in [3.63, 3.8) is 0 Å². The smallest absolute Gasteiger partial charge is 0.339 e. The number of hydrogen-bond acceptors (Lipinski definition) is 5. The number of hydrogen-bond donors (Lipinski definition) is 1. The van der Waals surface area contributed by atoms with Crippen LogP contribution in [0.1, 0.15) is 10.4 Å². The summed E-state index contributed by atoms with van der Waals surface area (Å²) in [5.41, 5.74) is -0.434. The maximum atomic E-state index is 11.2. The summed E-state index contributed by atoms with van der Waals surface area (Å²) in [5, 5.41) is 19.9. The maximum Gasteiger partial charge on any atom is 0.339 e. The summed E-state index contributed by atoms with van der Waals surface area (Å²) in [5.74, 6) is -0.709. The standard InChI is InChI=1S/C14H11NO6/c1-20-11-4-2-3-5-12(11)21-13-8-9(15(18)19)6-7-10(13)14(16)17/h2-8H,1H3,(H,16,17). The lowest BCUT2D eigenvalue weighted by Gasteiger charge is -2.11. The van der Waals surface area contributed by atoms with Crippen molar-refractivity contribution in [1.29, 1.82) is 0 Å². The van der Waals surface area contributed by atoms with Gasteiger partial charge in [-0.2, -0.15) is 0 Å². The SMILES string of the molecule is COc1ccccc1Oc1cc([N+](=O)[O-])ccc1C(=O)O. The highest BCUT2D eigenvalue weighted by molar-refractivity contribution is 5.91. The molecule has 0 fully saturated rings. The van der Waals surface area contributed by atoms with E-state index in [9.17, 15) is 14.9 Å². The van der Waals surface area contributed by atoms with Crippen molar-refractivity contribution in [1.82, 2.24) is 0 Å². The molecule has 0 heterocycles. The van der Waals surface area contributed by atoms with Gasteiger partial charge in [-0.25, -0.2) is 4.79 Å². The van der Waals surface area contributed by atoms with Crippen LogP contribution in [0.2, 0.25) is 0 Å². The van der Waals surface area contributed by atoms with Crippen LogP contribution >= 0.6 is 0 Å². The molecule has 0 bridgehead atoms. The van der Waals surface area contributed by atoms with Crippen LogP contribution in [-0.2, 0) is 0 Å². The lowest BCUT2D eigenvalue weighted by Crippen LogP contribution is -2.01. The number of rotatable bonds is 5. The Bertz CT molecular complexity index is 698. The molecule has 0 amide bonds. The molecule has 0 atom stereocenters. The minimum Gasteiger partial charge on any atom is -0.493 e. The van der Waals surface area contributed by atoms with E-state index in [2.05, 4.69) is 0 Å². The molecule has 0 saturated carbocycles. The number of aromatic carboxylic acids is 1. The van der Waals surface area contributed by atoms with E-state index in [4.69, 9.17) is 14.6 Å². The van der Waals surface area contributed by atoms with Crippen molar-refractivity contribution in [3.8, 4) is 17.2 Å². The molecule has 0 radical (unpaired) electrons. The number of carboxylic acids is 1. The van der Waals surface area contributed by atoms with Gasteiger partial charge in [0.2, 0.25) is 0 Å². The maximum absolute atomic E-state index is 11.2. The highest BCUT2D eigenvalue weighted by Gasteiger charge is 2.18. The number of ether oxygens (including phenoxy) is 2. The van der Waals surface area contributed by atoms with Crippen LogP contribution in [0, 0.1) is 10.1 Å². The number of non-ortho nitro benzene ring substituents is 1. The van der Waals surface area contributed by atoms with E-state index in [0.717, 1.165) is 18.2 Å². The quantitative estimate of drug-likeness (QED) is 0.670. The zero-order valence-corrected chi connectivity index (χ0v) is 11.0. The molecule has 0 spiro atoms. The Balaban J connectivity index is 2.48. The average Bonchev–Trinajstić information content (AvgIpc) is 2.47. The molecule has 1 N–H and O–H groups in total. The van der Waals surface area contributed by atoms with Gasteiger partial charge in [0.15, 0.2) is 11.5 Å². The fourth-order valence-electron chi connectivity index (χ4n) is 1.71. The fourth-order valence-corrected chi connectivity index (χ4v) is 1.71. The Labute approximate surface area is 119 Å². The minimum absolute atomic E-state index is 0.124. The number of carbonyl (C=O) groups is 1. The first-order valence-electron chi connectivity index (χ1n) is 5.85. The van der Waals surface area contributed by atoms with Gasteiger partial charge >= 0.3 is 5.97 Å². The number of nitro groups is 1. The first-order valence-corrected chi connectivity index (χ1v) is 5.85. The average molecular weight is 289 g/mol. The highest BCUT2D eigenvalue weighted by atomic mass is 16.6. The second-order valence-electron chi connectivity index (χ2n) is 4.00. The van der Waals surface area contributed by atoms with Crippen molar-refractivity contribution < 1.29 is 24.3 Å². The van der Waals surface area contributed by atoms with Crippen molar-refractivity contribution in [2.45, 2.75) is 0 Å². The van der Waals surface area contributed by atoms with Crippen LogP contribution in [-0.4, -0.2) is 23.1 Å². The Morgan fingerprint density at radius 2 is 1.81 bits per heavy atom. The normalized spacial score (nSPS) is 9.95. The van der Waals surface area contributed by atoms with Crippen molar-refractivity contribution >= 4 is 11.7 Å². The molecule has 2 aromatic carbocycles. The fraction of sp³-hybridized carbons (Fsp3) is 0.0714. The Morgan fingerprint density at radius 1 is 1.14 bits per heavy atom. The Kier molecular flexibility index (Phi) is 4.03. The number of nitrogens with zero attached hydrogens (tertiary/aromatic N) is 1. The number of benzene rings is 2. The van der Waals surface area contributed by atoms with Crippen LogP contribution in [0.5, 0.6) is 17.2 Å². The molecule has 0 aliphatic heterocycles. The van der Waals surface area contributed by atoms with Gasteiger partial charge in [-0.3, -0.25) is 10.1 Å². The van der Waals surface area contributed by atoms with E-state index in [-0.39, 0.29) is 22.7 Å². The molecule has 2 aromatic rings. The van der Waals surface area contributed by atoms with Gasteiger partial charge in [-0.1, -0.05) is 12.1 Å². The van der Waals surface area contributed by atoms with E-state index in [0.29, 0.717) is 5.75 Å². The van der Waals surface area contributed by atoms with E-state index in [1.165, 1.54) is 7.11 Å². The lowest BCUT2D eigenvalue weighted by molar-refractivity contribution is -0.384. The largest absolute Gasteiger partial charge is 0.493 e. The van der Waals surface area contributed by atoms with Crippen LogP contribution in [0.4, 0.5) is 5.69 Å². The van der Waals surface area contributed by atoms with Crippen molar-refractivity contribution in [2.24, 2.45) is 0 Å². The van der Waals surface area contributed by atoms with Crippen molar-refractivity contribution in [3.05, 3.63) is 58.1 Å². The van der Waals surface area contributed by atoms with Crippen LogP contribution in [0.25, 0.3) is 0 Å². The summed E-state index contributed by atoms with van der Waals surface area (Å²) >= 11 is 0. The molecule has 108 valence electrons. The molecule has 0 aliphatic rings. The number of para-hydroxylation sites is 2. The molecular formula is C14H11NO6. The number of nitro benzene ring substituents is 1. The highest BCUT2D eigenvalue weighted by Crippen LogP contribution is 2.34. The Morgan fingerprint density at radius 3 is 2.38 bits per heavy atom. The van der Waals surface area contributed by atoms with Crippen LogP contribution < -0.4 is 9.47 Å². The summed E-state index contributed by atoms with van der Waals surface area (Å²) in [7, 11) is 1.44. The van der Waals surface area contributed by atoms with Gasteiger partial charge in [-0.15, -0.1) is 0 Å². The Hall–Kier alpha value is -3.09. The van der Waals surface area contributed by atoms with E-state index < -0.39 is 10.9 Å². The first kappa shape index (κ1) is 14.3. The molecular weight excluding hydrogens is 278 g/mol. The molecule has 7 nitrogen and oxygen atoms in total. The molecule has 0 unspecified atom stereocenters. The lowest BCUT2D eigenvalue weighted by atomic mass is 10.2. The summed E-state index contributed by atoms with van der Waals surface area (Å²) in [4.78, 5) is 21.3. The van der Waals surface area contributed by atoms with E-state index in [1.54, 1.807) is 24.3 Å². The summed E-state index contributed by atoms with van der Waals surface area (Å²) in [6, 6.07) is 9.91. The van der Waals surface area contributed by atoms with Gasteiger partial charge in [0, 0.05) is 6.07 Å². The third kappa shape index (κ3) is 3.08. The second-order valence-corrected chi connectivity index (χ2v) is 4.00. The number of methoxy groups -OCH3 is 1. The molecule has 7 heteroatoms. The van der Waals surface area contributed by atoms with Gasteiger partial charge in [-0.05, 0) is 18.2 Å². The zero-order chi connectivity index (χ0) is 15.4. The van der Waals surface area contributed by atoms with Crippen LogP contribution in [0.3, 0.4) is 0 Å². The second kappa shape index (κ2) is 5.91. The third-order valence-corrected chi connectivity index (χ3v) is 2.70. The molecule has 2 rings (SSSR count). The van der Waals surface area contributed by atoms with Gasteiger partial charge in [0.1, 0.15) is 11.3 Å². The molecule has 0 aliphatic carbocycles. The topological polar surface area (TPSA) is 98.9 Å². The third-order valence-electron chi connectivity index (χ3n) is 2.70. The summed E-state index contributed by atoms with van der Waals surface area (Å²) < 4.78 is 10.6. The molecule has 0 saturated heterocycles. The van der Waals surface area contributed by atoms with Gasteiger partial charge in [0.25, 0.3) is 5.69 Å². The summed E-state index contributed by atoms with van der Waals surface area (Å²) in [6.45, 7) is 0. The predicted octanol–water partition coefficient (Wildman–Crippen LogP) is 3.09.